The molecule has 2 rings (SSSR count). The Bertz CT molecular complexity index is 960. The van der Waals surface area contributed by atoms with Crippen LogP contribution >= 0.6 is 0 Å². The zero-order valence-corrected chi connectivity index (χ0v) is 17.0. The maximum absolute atomic E-state index is 14.1. The lowest BCUT2D eigenvalue weighted by molar-refractivity contribution is -0.120. The van der Waals surface area contributed by atoms with E-state index in [9.17, 15) is 14.3 Å². The Morgan fingerprint density at radius 2 is 2.07 bits per heavy atom. The van der Waals surface area contributed by atoms with E-state index >= 15 is 0 Å². The number of ether oxygens (including phenoxy) is 2. The zero-order valence-electron chi connectivity index (χ0n) is 17.0. The summed E-state index contributed by atoms with van der Waals surface area (Å²) in [6, 6.07) is 5.30. The molecule has 0 radical (unpaired) electrons. The number of ketones is 1. The molecule has 3 N–H and O–H groups in total. The smallest absolute Gasteiger partial charge is 0.257 e. The summed E-state index contributed by atoms with van der Waals surface area (Å²) in [5, 5.41) is 13.7. The first-order chi connectivity index (χ1) is 14.2. The quantitative estimate of drug-likeness (QED) is 0.263. The number of carbonyl (C=O) groups excluding carboxylic acids is 1. The SMILES string of the molecule is C=C(O/N=C(\N)c1ccc(OCC(=O)CC)c(F)c1)c1cnc(OC(C)C)c(O)c1. The van der Waals surface area contributed by atoms with Gasteiger partial charge < -0.3 is 25.2 Å². The lowest BCUT2D eigenvalue weighted by Gasteiger charge is -2.11. The van der Waals surface area contributed by atoms with Crippen molar-refractivity contribution in [3.63, 3.8) is 0 Å². The molecule has 1 aromatic carbocycles. The van der Waals surface area contributed by atoms with Crippen LogP contribution in [-0.4, -0.2) is 34.4 Å². The van der Waals surface area contributed by atoms with E-state index in [4.69, 9.17) is 20.0 Å². The van der Waals surface area contributed by atoms with E-state index in [2.05, 4.69) is 16.7 Å². The average Bonchev–Trinajstić information content (AvgIpc) is 2.71. The molecule has 0 saturated carbocycles. The van der Waals surface area contributed by atoms with Crippen molar-refractivity contribution in [1.82, 2.24) is 4.98 Å². The van der Waals surface area contributed by atoms with Crippen molar-refractivity contribution >= 4 is 17.4 Å². The molecule has 0 aliphatic carbocycles. The zero-order chi connectivity index (χ0) is 22.3. The molecule has 0 unspecified atom stereocenters. The van der Waals surface area contributed by atoms with E-state index < -0.39 is 5.82 Å². The van der Waals surface area contributed by atoms with Gasteiger partial charge in [0.05, 0.1) is 6.10 Å². The second kappa shape index (κ2) is 10.2. The van der Waals surface area contributed by atoms with Crippen LogP contribution < -0.4 is 15.2 Å². The van der Waals surface area contributed by atoms with E-state index in [-0.39, 0.29) is 53.0 Å². The van der Waals surface area contributed by atoms with Gasteiger partial charge in [0, 0.05) is 23.7 Å². The standard InChI is InChI=1S/C21H24FN3O5/c1-5-16(26)11-28-19-7-6-14(8-17(19)22)20(23)25-30-13(4)15-9-18(27)21(24-10-15)29-12(2)3/h6-10,12,27H,4-5,11H2,1-3H3,(H2,23,25). The number of pyridine rings is 1. The molecule has 0 fully saturated rings. The van der Waals surface area contributed by atoms with Crippen molar-refractivity contribution in [3.8, 4) is 17.4 Å². The first-order valence-corrected chi connectivity index (χ1v) is 9.21. The molecule has 0 spiro atoms. The number of rotatable bonds is 10. The topological polar surface area (TPSA) is 116 Å². The average molecular weight is 417 g/mol. The molecule has 0 aliphatic heterocycles. The van der Waals surface area contributed by atoms with Gasteiger partial charge in [0.15, 0.2) is 34.7 Å². The lowest BCUT2D eigenvalue weighted by atomic mass is 10.2. The van der Waals surface area contributed by atoms with Gasteiger partial charge in [-0.1, -0.05) is 18.7 Å². The highest BCUT2D eigenvalue weighted by molar-refractivity contribution is 5.97. The Morgan fingerprint density at radius 3 is 2.67 bits per heavy atom. The summed E-state index contributed by atoms with van der Waals surface area (Å²) in [6.45, 7) is 8.80. The molecule has 0 saturated heterocycles. The summed E-state index contributed by atoms with van der Waals surface area (Å²) < 4.78 is 24.6. The number of halogens is 1. The Hall–Kier alpha value is -3.62. The second-order valence-corrected chi connectivity index (χ2v) is 6.53. The number of nitrogens with two attached hydrogens (primary N) is 1. The number of hydrogen-bond donors (Lipinski definition) is 2. The van der Waals surface area contributed by atoms with Gasteiger partial charge in [0.2, 0.25) is 0 Å². The fourth-order valence-electron chi connectivity index (χ4n) is 2.15. The molecular formula is C21H24FN3O5. The van der Waals surface area contributed by atoms with Crippen molar-refractivity contribution in [2.24, 2.45) is 10.9 Å². The van der Waals surface area contributed by atoms with E-state index in [1.165, 1.54) is 24.4 Å². The third-order valence-electron chi connectivity index (χ3n) is 3.77. The van der Waals surface area contributed by atoms with Crippen LogP contribution in [0.2, 0.25) is 0 Å². The molecule has 0 atom stereocenters. The summed E-state index contributed by atoms with van der Waals surface area (Å²) in [5.74, 6) is -1.04. The first kappa shape index (κ1) is 22.7. The van der Waals surface area contributed by atoms with Gasteiger partial charge in [-0.3, -0.25) is 4.79 Å². The highest BCUT2D eigenvalue weighted by Crippen LogP contribution is 2.27. The van der Waals surface area contributed by atoms with Gasteiger partial charge in [-0.2, -0.15) is 0 Å². The minimum absolute atomic E-state index is 0.0651. The largest absolute Gasteiger partial charge is 0.503 e. The van der Waals surface area contributed by atoms with Crippen LogP contribution in [0.15, 0.2) is 42.2 Å². The van der Waals surface area contributed by atoms with Crippen molar-refractivity contribution < 1.29 is 28.6 Å². The molecule has 2 aromatic rings. The fraction of sp³-hybridized carbons (Fsp3) is 0.286. The van der Waals surface area contributed by atoms with E-state index in [1.54, 1.807) is 20.8 Å². The number of aromatic hydroxyl groups is 1. The monoisotopic (exact) mass is 417 g/mol. The summed E-state index contributed by atoms with van der Waals surface area (Å²) >= 11 is 0. The number of hydrogen-bond acceptors (Lipinski definition) is 7. The Kier molecular flexibility index (Phi) is 7.74. The number of amidine groups is 1. The van der Waals surface area contributed by atoms with E-state index in [1.807, 2.05) is 0 Å². The highest BCUT2D eigenvalue weighted by atomic mass is 19.1. The lowest BCUT2D eigenvalue weighted by Crippen LogP contribution is -2.15. The van der Waals surface area contributed by atoms with Gasteiger partial charge in [-0.05, 0) is 38.1 Å². The number of nitrogens with zero attached hydrogens (tertiary/aromatic N) is 2. The van der Waals surface area contributed by atoms with Crippen LogP contribution in [0, 0.1) is 5.82 Å². The Balaban J connectivity index is 2.05. The van der Waals surface area contributed by atoms with Crippen molar-refractivity contribution in [2.75, 3.05) is 6.61 Å². The summed E-state index contributed by atoms with van der Waals surface area (Å²) in [6.07, 6.45) is 1.55. The van der Waals surface area contributed by atoms with Crippen molar-refractivity contribution in [2.45, 2.75) is 33.3 Å². The molecule has 8 nitrogen and oxygen atoms in total. The van der Waals surface area contributed by atoms with Crippen molar-refractivity contribution in [3.05, 3.63) is 54.0 Å². The number of aromatic nitrogens is 1. The molecule has 1 aromatic heterocycles. The van der Waals surface area contributed by atoms with E-state index in [0.717, 1.165) is 6.07 Å². The number of oxime groups is 1. The second-order valence-electron chi connectivity index (χ2n) is 6.53. The molecule has 160 valence electrons. The summed E-state index contributed by atoms with van der Waals surface area (Å²) in [4.78, 5) is 20.4. The van der Waals surface area contributed by atoms with Gasteiger partial charge in [-0.25, -0.2) is 9.37 Å². The third kappa shape index (κ3) is 6.20. The predicted octanol–water partition coefficient (Wildman–Crippen LogP) is 3.38. The van der Waals surface area contributed by atoms with Crippen LogP contribution in [0.25, 0.3) is 5.76 Å². The molecule has 30 heavy (non-hydrogen) atoms. The maximum atomic E-state index is 14.1. The molecule has 0 amide bonds. The molecule has 0 aliphatic rings. The third-order valence-corrected chi connectivity index (χ3v) is 3.77. The van der Waals surface area contributed by atoms with Crippen LogP contribution in [-0.2, 0) is 9.63 Å². The number of benzene rings is 1. The highest BCUT2D eigenvalue weighted by Gasteiger charge is 2.12. The molecule has 0 bridgehead atoms. The Labute approximate surface area is 173 Å². The molecular weight excluding hydrogens is 393 g/mol. The minimum Gasteiger partial charge on any atom is -0.503 e. The van der Waals surface area contributed by atoms with Crippen LogP contribution in [0.3, 0.4) is 0 Å². The summed E-state index contributed by atoms with van der Waals surface area (Å²) in [7, 11) is 0. The number of Topliss-reactive ketones (excluding diaryl/α,β-unsaturated/α-hetero) is 1. The van der Waals surface area contributed by atoms with E-state index in [0.29, 0.717) is 12.0 Å². The normalized spacial score (nSPS) is 11.3. The summed E-state index contributed by atoms with van der Waals surface area (Å²) in [5.41, 5.74) is 6.43. The van der Waals surface area contributed by atoms with Gasteiger partial charge in [-0.15, -0.1) is 0 Å². The van der Waals surface area contributed by atoms with Gasteiger partial charge in [0.25, 0.3) is 5.88 Å². The van der Waals surface area contributed by atoms with Crippen LogP contribution in [0.4, 0.5) is 4.39 Å². The number of carbonyl (C=O) groups is 1. The van der Waals surface area contributed by atoms with Crippen LogP contribution in [0.1, 0.15) is 38.3 Å². The predicted molar refractivity (Wildman–Crippen MR) is 110 cm³/mol. The van der Waals surface area contributed by atoms with Gasteiger partial charge in [0.1, 0.15) is 6.61 Å². The molecule has 9 heteroatoms. The van der Waals surface area contributed by atoms with Crippen molar-refractivity contribution in [1.29, 1.82) is 0 Å². The first-order valence-electron chi connectivity index (χ1n) is 9.21. The van der Waals surface area contributed by atoms with Crippen LogP contribution in [0.5, 0.6) is 17.4 Å². The molecule has 1 heterocycles. The fourth-order valence-corrected chi connectivity index (χ4v) is 2.15. The maximum Gasteiger partial charge on any atom is 0.257 e. The van der Waals surface area contributed by atoms with Gasteiger partial charge >= 0.3 is 0 Å². The Morgan fingerprint density at radius 1 is 1.33 bits per heavy atom. The minimum atomic E-state index is -0.691.